The Morgan fingerprint density at radius 2 is 2.03 bits per heavy atom. The van der Waals surface area contributed by atoms with Crippen LogP contribution in [-0.4, -0.2) is 40.1 Å². The van der Waals surface area contributed by atoms with E-state index >= 15 is 0 Å². The van der Waals surface area contributed by atoms with Gasteiger partial charge in [-0.15, -0.1) is 0 Å². The average molecular weight is 413 g/mol. The van der Waals surface area contributed by atoms with Gasteiger partial charge in [0.25, 0.3) is 5.91 Å². The Labute approximate surface area is 175 Å². The summed E-state index contributed by atoms with van der Waals surface area (Å²) in [6.07, 6.45) is 4.47. The lowest BCUT2D eigenvalue weighted by Gasteiger charge is -2.32. The van der Waals surface area contributed by atoms with Crippen molar-refractivity contribution in [1.82, 2.24) is 15.6 Å². The molecule has 1 aliphatic carbocycles. The molecule has 0 aliphatic heterocycles. The maximum atomic E-state index is 13.4. The molecule has 0 unspecified atom stereocenters. The Balaban J connectivity index is 1.59. The molecule has 3 N–H and O–H groups in total. The minimum Gasteiger partial charge on any atom is -0.394 e. The number of pyridine rings is 1. The maximum Gasteiger partial charge on any atom is 0.253 e. The smallest absolute Gasteiger partial charge is 0.253 e. The summed E-state index contributed by atoms with van der Waals surface area (Å²) in [6.45, 7) is 3.41. The summed E-state index contributed by atoms with van der Waals surface area (Å²) in [5.41, 5.74) is 0.992. The molecule has 1 saturated carbocycles. The first-order valence-corrected chi connectivity index (χ1v) is 10.2. The van der Waals surface area contributed by atoms with Gasteiger partial charge in [0, 0.05) is 23.7 Å². The van der Waals surface area contributed by atoms with Crippen LogP contribution in [0.2, 0.25) is 0 Å². The molecule has 0 radical (unpaired) electrons. The summed E-state index contributed by atoms with van der Waals surface area (Å²) in [4.78, 5) is 29.4. The molecule has 30 heavy (non-hydrogen) atoms. The summed E-state index contributed by atoms with van der Waals surface area (Å²) in [7, 11) is 0. The Morgan fingerprint density at radius 1 is 1.23 bits per heavy atom. The van der Waals surface area contributed by atoms with Gasteiger partial charge in [0.15, 0.2) is 0 Å². The zero-order valence-corrected chi connectivity index (χ0v) is 17.3. The van der Waals surface area contributed by atoms with Crippen LogP contribution in [0.5, 0.6) is 0 Å². The van der Waals surface area contributed by atoms with Crippen LogP contribution < -0.4 is 10.6 Å². The maximum absolute atomic E-state index is 13.4. The number of nitrogens with one attached hydrogen (secondary N) is 2. The number of benzene rings is 1. The number of rotatable bonds is 6. The molecule has 1 fully saturated rings. The first kappa shape index (κ1) is 21.9. The van der Waals surface area contributed by atoms with Crippen molar-refractivity contribution in [3.05, 3.63) is 54.0 Å². The van der Waals surface area contributed by atoms with Gasteiger partial charge in [-0.2, -0.15) is 0 Å². The van der Waals surface area contributed by atoms with Gasteiger partial charge in [-0.25, -0.2) is 4.39 Å². The third kappa shape index (κ3) is 5.63. The number of halogens is 1. The van der Waals surface area contributed by atoms with Crippen molar-refractivity contribution in [2.24, 2.45) is 5.92 Å². The van der Waals surface area contributed by atoms with Gasteiger partial charge in [-0.3, -0.25) is 14.6 Å². The zero-order chi connectivity index (χ0) is 21.7. The molecular formula is C23H28FN3O3. The van der Waals surface area contributed by atoms with Crippen LogP contribution in [-0.2, 0) is 4.79 Å². The Hall–Kier alpha value is -2.80. The summed E-state index contributed by atoms with van der Waals surface area (Å²) in [5.74, 6) is -0.859. The van der Waals surface area contributed by atoms with Crippen LogP contribution in [0.1, 0.15) is 49.9 Å². The van der Waals surface area contributed by atoms with E-state index in [9.17, 15) is 19.1 Å². The lowest BCUT2D eigenvalue weighted by molar-refractivity contribution is -0.128. The van der Waals surface area contributed by atoms with Crippen LogP contribution >= 0.6 is 0 Å². The Kier molecular flexibility index (Phi) is 6.82. The molecule has 2 aromatic rings. The number of hydrogen-bond donors (Lipinski definition) is 3. The second kappa shape index (κ2) is 9.34. The molecule has 0 saturated heterocycles. The molecule has 6 nitrogen and oxygen atoms in total. The van der Waals surface area contributed by atoms with Crippen LogP contribution in [0.3, 0.4) is 0 Å². The highest BCUT2D eigenvalue weighted by atomic mass is 19.1. The number of aromatic nitrogens is 1. The van der Waals surface area contributed by atoms with Crippen molar-refractivity contribution in [2.45, 2.75) is 51.1 Å². The van der Waals surface area contributed by atoms with E-state index in [4.69, 9.17) is 0 Å². The van der Waals surface area contributed by atoms with E-state index in [1.807, 2.05) is 0 Å². The van der Waals surface area contributed by atoms with E-state index in [1.165, 1.54) is 18.3 Å². The third-order valence-electron chi connectivity index (χ3n) is 5.38. The highest BCUT2D eigenvalue weighted by Crippen LogP contribution is 2.25. The molecule has 0 bridgehead atoms. The van der Waals surface area contributed by atoms with Gasteiger partial charge in [-0.1, -0.05) is 18.6 Å². The van der Waals surface area contributed by atoms with E-state index in [1.54, 1.807) is 38.1 Å². The first-order valence-electron chi connectivity index (χ1n) is 10.2. The number of aliphatic hydroxyl groups is 1. The summed E-state index contributed by atoms with van der Waals surface area (Å²) < 4.78 is 13.4. The molecule has 160 valence electrons. The van der Waals surface area contributed by atoms with E-state index in [2.05, 4.69) is 15.6 Å². The summed E-state index contributed by atoms with van der Waals surface area (Å²) in [6, 6.07) is 9.40. The largest absolute Gasteiger partial charge is 0.394 e. The highest BCUT2D eigenvalue weighted by molar-refractivity contribution is 5.94. The van der Waals surface area contributed by atoms with E-state index < -0.39 is 5.54 Å². The molecule has 2 amide bonds. The number of carbonyl (C=O) groups excluding carboxylic acids is 2. The van der Waals surface area contributed by atoms with Crippen molar-refractivity contribution in [3.63, 3.8) is 0 Å². The average Bonchev–Trinajstić information content (AvgIpc) is 2.74. The monoisotopic (exact) mass is 413 g/mol. The topological polar surface area (TPSA) is 91.3 Å². The van der Waals surface area contributed by atoms with Gasteiger partial charge >= 0.3 is 0 Å². The number of hydrogen-bond acceptors (Lipinski definition) is 4. The van der Waals surface area contributed by atoms with E-state index in [0.29, 0.717) is 23.2 Å². The molecule has 1 aromatic carbocycles. The molecule has 7 heteroatoms. The molecular weight excluding hydrogens is 385 g/mol. The Bertz CT molecular complexity index is 899. The summed E-state index contributed by atoms with van der Waals surface area (Å²) >= 11 is 0. The normalized spacial score (nSPS) is 19.2. The fraction of sp³-hybridized carbons (Fsp3) is 0.435. The number of aliphatic hydroxyl groups excluding tert-OH is 1. The quantitative estimate of drug-likeness (QED) is 0.679. The van der Waals surface area contributed by atoms with Crippen molar-refractivity contribution in [1.29, 1.82) is 0 Å². The fourth-order valence-electron chi connectivity index (χ4n) is 3.65. The van der Waals surface area contributed by atoms with Gasteiger partial charge in [0.2, 0.25) is 5.91 Å². The first-order chi connectivity index (χ1) is 14.3. The molecule has 2 atom stereocenters. The predicted octanol–water partition coefficient (Wildman–Crippen LogP) is 3.06. The second-order valence-corrected chi connectivity index (χ2v) is 8.51. The van der Waals surface area contributed by atoms with E-state index in [-0.39, 0.29) is 36.2 Å². The number of amides is 2. The van der Waals surface area contributed by atoms with Gasteiger partial charge in [0.05, 0.1) is 23.4 Å². The Morgan fingerprint density at radius 3 is 2.70 bits per heavy atom. The zero-order valence-electron chi connectivity index (χ0n) is 17.3. The lowest BCUT2D eigenvalue weighted by atomic mass is 9.84. The molecule has 1 aromatic heterocycles. The second-order valence-electron chi connectivity index (χ2n) is 8.51. The minimum absolute atomic E-state index is 0.0888. The van der Waals surface area contributed by atoms with Gasteiger partial charge in [-0.05, 0) is 57.4 Å². The van der Waals surface area contributed by atoms with Crippen LogP contribution in [0, 0.1) is 11.7 Å². The van der Waals surface area contributed by atoms with Crippen LogP contribution in [0.25, 0.3) is 11.3 Å². The van der Waals surface area contributed by atoms with Crippen molar-refractivity contribution >= 4 is 11.8 Å². The molecule has 1 heterocycles. The molecule has 0 spiro atoms. The molecule has 3 rings (SSSR count). The van der Waals surface area contributed by atoms with E-state index in [0.717, 1.165) is 19.3 Å². The van der Waals surface area contributed by atoms with Gasteiger partial charge in [0.1, 0.15) is 5.82 Å². The third-order valence-corrected chi connectivity index (χ3v) is 5.38. The van der Waals surface area contributed by atoms with Gasteiger partial charge < -0.3 is 15.7 Å². The number of nitrogens with zero attached hydrogens (tertiary/aromatic N) is 1. The molecule has 1 aliphatic rings. The van der Waals surface area contributed by atoms with Crippen molar-refractivity contribution < 1.29 is 19.1 Å². The van der Waals surface area contributed by atoms with Crippen LogP contribution in [0.15, 0.2) is 42.6 Å². The van der Waals surface area contributed by atoms with Crippen molar-refractivity contribution in [3.8, 4) is 11.3 Å². The lowest BCUT2D eigenvalue weighted by Crippen LogP contribution is -2.50. The minimum atomic E-state index is -0.664. The standard InChI is InChI=1S/C23H28FN3O3/c1-23(2,14-28)27-22(30)16-6-4-8-19(12-16)26-21(29)17-9-10-20(25-13-17)15-5-3-7-18(24)11-15/h3,5,7,9-11,13,16,19,28H,4,6,8,12,14H2,1-2H3,(H,26,29)(H,27,30)/t16-,19+/m0/s1. The number of carbonyl (C=O) groups is 2. The SMILES string of the molecule is CC(C)(CO)NC(=O)[C@H]1CCC[C@@H](NC(=O)c2ccc(-c3cccc(F)c3)nc2)C1. The predicted molar refractivity (Wildman–Crippen MR) is 112 cm³/mol. The van der Waals surface area contributed by atoms with Crippen LogP contribution in [0.4, 0.5) is 4.39 Å². The fourth-order valence-corrected chi connectivity index (χ4v) is 3.65. The highest BCUT2D eigenvalue weighted by Gasteiger charge is 2.31. The summed E-state index contributed by atoms with van der Waals surface area (Å²) in [5, 5.41) is 15.2. The van der Waals surface area contributed by atoms with Crippen molar-refractivity contribution in [2.75, 3.05) is 6.61 Å².